The van der Waals surface area contributed by atoms with E-state index in [0.29, 0.717) is 30.5 Å². The van der Waals surface area contributed by atoms with Gasteiger partial charge in [0.1, 0.15) is 5.82 Å². The van der Waals surface area contributed by atoms with E-state index in [2.05, 4.69) is 30.5 Å². The van der Waals surface area contributed by atoms with Gasteiger partial charge in [0.25, 0.3) is 5.91 Å². The van der Waals surface area contributed by atoms with Gasteiger partial charge in [-0.1, -0.05) is 18.2 Å². The van der Waals surface area contributed by atoms with Gasteiger partial charge in [0.05, 0.1) is 36.3 Å². The molecule has 0 bridgehead atoms. The van der Waals surface area contributed by atoms with Gasteiger partial charge in [-0.2, -0.15) is 0 Å². The minimum atomic E-state index is -0.517. The van der Waals surface area contributed by atoms with Crippen LogP contribution in [-0.2, 0) is 9.53 Å². The van der Waals surface area contributed by atoms with Crippen LogP contribution in [0.4, 0.5) is 23.1 Å². The van der Waals surface area contributed by atoms with Crippen LogP contribution in [-0.4, -0.2) is 52.1 Å². The number of morpholine rings is 1. The lowest BCUT2D eigenvalue weighted by molar-refractivity contribution is -0.111. The summed E-state index contributed by atoms with van der Waals surface area (Å²) in [6, 6.07) is 13.1. The fraction of sp³-hybridized carbons (Fsp3) is 0.160. The number of fused-ring (bicyclic) bond motifs is 1. The van der Waals surface area contributed by atoms with Crippen molar-refractivity contribution in [2.75, 3.05) is 41.8 Å². The van der Waals surface area contributed by atoms with Crippen LogP contribution >= 0.6 is 0 Å². The Bertz CT molecular complexity index is 1380. The molecule has 1 aliphatic rings. The Hall–Kier alpha value is -4.55. The zero-order chi connectivity index (χ0) is 23.3. The lowest BCUT2D eigenvalue weighted by atomic mass is 10.1. The average Bonchev–Trinajstić information content (AvgIpc) is 2.89. The Labute approximate surface area is 196 Å². The van der Waals surface area contributed by atoms with Crippen LogP contribution in [0.15, 0.2) is 61.1 Å². The van der Waals surface area contributed by atoms with Crippen LogP contribution in [0.25, 0.3) is 22.2 Å². The summed E-state index contributed by atoms with van der Waals surface area (Å²) in [7, 11) is 0. The molecule has 4 heterocycles. The number of benzene rings is 1. The molecule has 0 unspecified atom stereocenters. The van der Waals surface area contributed by atoms with Gasteiger partial charge in [-0.05, 0) is 30.2 Å². The fourth-order valence-electron chi connectivity index (χ4n) is 3.71. The number of pyridine rings is 2. The summed E-state index contributed by atoms with van der Waals surface area (Å²) in [5.41, 5.74) is 3.53. The van der Waals surface area contributed by atoms with Gasteiger partial charge in [-0.25, -0.2) is 15.0 Å². The first-order chi connectivity index (χ1) is 16.7. The molecule has 9 nitrogen and oxygen atoms in total. The highest BCUT2D eigenvalue weighted by Gasteiger charge is 2.13. The molecule has 0 spiro atoms. The molecular weight excluding hydrogens is 430 g/mol. The second-order valence-corrected chi connectivity index (χ2v) is 7.59. The van der Waals surface area contributed by atoms with E-state index in [-0.39, 0.29) is 0 Å². The number of rotatable bonds is 5. The topological polar surface area (TPSA) is 105 Å². The summed E-state index contributed by atoms with van der Waals surface area (Å²) >= 11 is 0. The summed E-state index contributed by atoms with van der Waals surface area (Å²) in [6.45, 7) is 3.09. The van der Waals surface area contributed by atoms with Gasteiger partial charge in [0, 0.05) is 42.1 Å². The molecule has 0 saturated carbocycles. The summed E-state index contributed by atoms with van der Waals surface area (Å²) in [5.74, 6) is 2.88. The molecule has 1 amide bonds. The van der Waals surface area contributed by atoms with Crippen molar-refractivity contribution in [3.8, 4) is 23.6 Å². The predicted molar refractivity (Wildman–Crippen MR) is 131 cm³/mol. The predicted octanol–water partition coefficient (Wildman–Crippen LogP) is 3.24. The summed E-state index contributed by atoms with van der Waals surface area (Å²) < 4.78 is 5.40. The zero-order valence-corrected chi connectivity index (χ0v) is 18.2. The van der Waals surface area contributed by atoms with Crippen molar-refractivity contribution in [2.45, 2.75) is 0 Å². The third-order valence-electron chi connectivity index (χ3n) is 5.37. The molecule has 0 aliphatic carbocycles. The normalized spacial score (nSPS) is 13.3. The largest absolute Gasteiger partial charge is 0.378 e. The number of terminal acetylenes is 1. The Morgan fingerprint density at radius 3 is 2.71 bits per heavy atom. The van der Waals surface area contributed by atoms with Crippen molar-refractivity contribution in [3.05, 3.63) is 61.1 Å². The van der Waals surface area contributed by atoms with E-state index in [0.717, 1.165) is 41.1 Å². The molecule has 1 aromatic carbocycles. The van der Waals surface area contributed by atoms with Gasteiger partial charge < -0.3 is 20.3 Å². The maximum Gasteiger partial charge on any atom is 0.300 e. The Morgan fingerprint density at radius 2 is 1.91 bits per heavy atom. The van der Waals surface area contributed by atoms with Crippen molar-refractivity contribution in [3.63, 3.8) is 0 Å². The summed E-state index contributed by atoms with van der Waals surface area (Å²) in [5, 5.41) is 6.73. The number of amides is 1. The van der Waals surface area contributed by atoms with Crippen LogP contribution in [0.1, 0.15) is 0 Å². The fourth-order valence-corrected chi connectivity index (χ4v) is 3.71. The van der Waals surface area contributed by atoms with E-state index in [1.807, 2.05) is 36.3 Å². The molecule has 1 aliphatic heterocycles. The molecule has 9 heteroatoms. The second-order valence-electron chi connectivity index (χ2n) is 7.59. The number of carbonyl (C=O) groups excluding carboxylic acids is 1. The van der Waals surface area contributed by atoms with Gasteiger partial charge in [0.2, 0.25) is 5.95 Å². The number of ether oxygens (including phenoxy) is 1. The van der Waals surface area contributed by atoms with Gasteiger partial charge in [0.15, 0.2) is 0 Å². The minimum absolute atomic E-state index is 0.442. The number of nitrogens with zero attached hydrogens (tertiary/aromatic N) is 5. The molecule has 1 fully saturated rings. The van der Waals surface area contributed by atoms with Crippen molar-refractivity contribution in [1.82, 2.24) is 19.9 Å². The van der Waals surface area contributed by atoms with E-state index < -0.39 is 5.91 Å². The summed E-state index contributed by atoms with van der Waals surface area (Å²) in [4.78, 5) is 31.9. The molecule has 168 valence electrons. The van der Waals surface area contributed by atoms with E-state index in [9.17, 15) is 4.79 Å². The zero-order valence-electron chi connectivity index (χ0n) is 18.2. The molecular formula is C25H21N7O2. The first-order valence-corrected chi connectivity index (χ1v) is 10.8. The van der Waals surface area contributed by atoms with Crippen molar-refractivity contribution in [1.29, 1.82) is 0 Å². The highest BCUT2D eigenvalue weighted by atomic mass is 16.5. The number of hydrogen-bond donors (Lipinski definition) is 2. The van der Waals surface area contributed by atoms with Crippen molar-refractivity contribution in [2.24, 2.45) is 0 Å². The third kappa shape index (κ3) is 4.62. The average molecular weight is 451 g/mol. The molecule has 2 N–H and O–H groups in total. The Morgan fingerprint density at radius 1 is 1.03 bits per heavy atom. The number of carbonyl (C=O) groups is 1. The standard InChI is InChI=1S/C25H21N7O2/c1-2-23(33)29-18-8-9-26-21(14-18)20-5-3-4-17-15-28-25(31-24(17)20)30-19-6-7-22(27-16-19)32-10-12-34-13-11-32/h1,3-9,14-16H,10-13H2,(H,26,29,33)(H,28,30,31). The van der Waals surface area contributed by atoms with Crippen molar-refractivity contribution < 1.29 is 9.53 Å². The third-order valence-corrected chi connectivity index (χ3v) is 5.37. The molecule has 0 atom stereocenters. The number of anilines is 4. The van der Waals surface area contributed by atoms with Gasteiger partial charge >= 0.3 is 0 Å². The van der Waals surface area contributed by atoms with E-state index in [1.165, 1.54) is 0 Å². The Balaban J connectivity index is 1.41. The maximum absolute atomic E-state index is 11.6. The molecule has 0 radical (unpaired) electrons. The highest BCUT2D eigenvalue weighted by molar-refractivity contribution is 6.04. The Kier molecular flexibility index (Phi) is 5.97. The van der Waals surface area contributed by atoms with E-state index in [4.69, 9.17) is 16.1 Å². The lowest BCUT2D eigenvalue weighted by Crippen LogP contribution is -2.36. The quantitative estimate of drug-likeness (QED) is 0.446. The maximum atomic E-state index is 11.6. The van der Waals surface area contributed by atoms with Crippen LogP contribution in [0.3, 0.4) is 0 Å². The van der Waals surface area contributed by atoms with Crippen LogP contribution < -0.4 is 15.5 Å². The van der Waals surface area contributed by atoms with Crippen LogP contribution in [0.2, 0.25) is 0 Å². The summed E-state index contributed by atoms with van der Waals surface area (Å²) in [6.07, 6.45) is 10.3. The van der Waals surface area contributed by atoms with Gasteiger partial charge in [-0.3, -0.25) is 9.78 Å². The number of aromatic nitrogens is 4. The first kappa shape index (κ1) is 21.3. The molecule has 4 aromatic rings. The van der Waals surface area contributed by atoms with Crippen molar-refractivity contribution >= 4 is 40.0 Å². The molecule has 3 aromatic heterocycles. The lowest BCUT2D eigenvalue weighted by Gasteiger charge is -2.27. The van der Waals surface area contributed by atoms with Gasteiger partial charge in [-0.15, -0.1) is 6.42 Å². The number of para-hydroxylation sites is 1. The number of hydrogen-bond acceptors (Lipinski definition) is 8. The van der Waals surface area contributed by atoms with E-state index in [1.54, 1.807) is 30.7 Å². The van der Waals surface area contributed by atoms with Crippen LogP contribution in [0, 0.1) is 12.3 Å². The SMILES string of the molecule is C#CC(=O)Nc1ccnc(-c2cccc3cnc(Nc4ccc(N5CCOCC5)nc4)nc23)c1. The first-order valence-electron chi connectivity index (χ1n) is 10.8. The molecule has 5 rings (SSSR count). The monoisotopic (exact) mass is 451 g/mol. The smallest absolute Gasteiger partial charge is 0.300 e. The minimum Gasteiger partial charge on any atom is -0.378 e. The molecule has 1 saturated heterocycles. The number of nitrogens with one attached hydrogen (secondary N) is 2. The van der Waals surface area contributed by atoms with E-state index >= 15 is 0 Å². The van der Waals surface area contributed by atoms with Crippen LogP contribution in [0.5, 0.6) is 0 Å². The second kappa shape index (κ2) is 9.52. The molecule has 34 heavy (non-hydrogen) atoms. The highest BCUT2D eigenvalue weighted by Crippen LogP contribution is 2.28.